The first-order valence-electron chi connectivity index (χ1n) is 7.16. The summed E-state index contributed by atoms with van der Waals surface area (Å²) in [5.74, 6) is 1.60. The minimum atomic E-state index is 0.568. The fourth-order valence-electron chi connectivity index (χ4n) is 2.90. The van der Waals surface area contributed by atoms with Crippen LogP contribution in [0.3, 0.4) is 0 Å². The van der Waals surface area contributed by atoms with Crippen LogP contribution in [-0.2, 0) is 0 Å². The van der Waals surface area contributed by atoms with Crippen molar-refractivity contribution in [3.8, 4) is 6.07 Å². The fourth-order valence-corrected chi connectivity index (χ4v) is 2.90. The van der Waals surface area contributed by atoms with Gasteiger partial charge in [0.1, 0.15) is 6.07 Å². The van der Waals surface area contributed by atoms with E-state index in [1.54, 1.807) is 0 Å². The van der Waals surface area contributed by atoms with Crippen LogP contribution in [0.1, 0.15) is 38.7 Å². The van der Waals surface area contributed by atoms with Gasteiger partial charge in [-0.2, -0.15) is 5.26 Å². The molecule has 1 aliphatic heterocycles. The van der Waals surface area contributed by atoms with Crippen molar-refractivity contribution in [3.63, 3.8) is 0 Å². The molecule has 102 valence electrons. The number of nitrogens with zero attached hydrogens (tertiary/aromatic N) is 2. The Kier molecular flexibility index (Phi) is 4.31. The molecular weight excluding hydrogens is 234 g/mol. The van der Waals surface area contributed by atoms with E-state index in [0.29, 0.717) is 11.3 Å². The van der Waals surface area contributed by atoms with Gasteiger partial charge in [-0.25, -0.2) is 0 Å². The topological polar surface area (TPSA) is 53.0 Å². The Morgan fingerprint density at radius 2 is 2.11 bits per heavy atom. The SMILES string of the molecule is CC(C)C1CCCN(c2ccc(C#N)c(N)c2)CC1. The lowest BCUT2D eigenvalue weighted by Gasteiger charge is -2.24. The van der Waals surface area contributed by atoms with E-state index in [0.717, 1.165) is 30.6 Å². The molecule has 0 saturated carbocycles. The summed E-state index contributed by atoms with van der Waals surface area (Å²) in [5.41, 5.74) is 8.21. The molecule has 1 saturated heterocycles. The van der Waals surface area contributed by atoms with Crippen molar-refractivity contribution in [1.82, 2.24) is 0 Å². The summed E-state index contributed by atoms with van der Waals surface area (Å²) in [5, 5.41) is 8.92. The molecule has 1 atom stereocenters. The summed E-state index contributed by atoms with van der Waals surface area (Å²) in [7, 11) is 0. The second-order valence-corrected chi connectivity index (χ2v) is 5.81. The van der Waals surface area contributed by atoms with E-state index in [1.165, 1.54) is 19.3 Å². The Bertz CT molecular complexity index is 473. The Hall–Kier alpha value is -1.69. The largest absolute Gasteiger partial charge is 0.398 e. The third kappa shape index (κ3) is 3.20. The van der Waals surface area contributed by atoms with Crippen molar-refractivity contribution in [2.75, 3.05) is 23.7 Å². The van der Waals surface area contributed by atoms with Crippen LogP contribution >= 0.6 is 0 Å². The molecule has 1 fully saturated rings. The van der Waals surface area contributed by atoms with Crippen molar-refractivity contribution < 1.29 is 0 Å². The number of benzene rings is 1. The summed E-state index contributed by atoms with van der Waals surface area (Å²) in [6.45, 7) is 6.82. The average molecular weight is 257 g/mol. The van der Waals surface area contributed by atoms with Crippen molar-refractivity contribution in [2.45, 2.75) is 33.1 Å². The molecule has 0 aliphatic carbocycles. The van der Waals surface area contributed by atoms with E-state index in [-0.39, 0.29) is 0 Å². The molecule has 1 heterocycles. The van der Waals surface area contributed by atoms with Crippen LogP contribution in [-0.4, -0.2) is 13.1 Å². The molecule has 0 radical (unpaired) electrons. The van der Waals surface area contributed by atoms with E-state index >= 15 is 0 Å². The van der Waals surface area contributed by atoms with Gasteiger partial charge in [-0.1, -0.05) is 13.8 Å². The van der Waals surface area contributed by atoms with Gasteiger partial charge in [0.05, 0.1) is 11.3 Å². The molecule has 1 aromatic rings. The zero-order valence-corrected chi connectivity index (χ0v) is 11.9. The number of hydrogen-bond donors (Lipinski definition) is 1. The Labute approximate surface area is 116 Å². The molecule has 1 aromatic carbocycles. The van der Waals surface area contributed by atoms with Gasteiger partial charge < -0.3 is 10.6 Å². The molecule has 0 amide bonds. The van der Waals surface area contributed by atoms with Gasteiger partial charge in [0, 0.05) is 18.8 Å². The van der Waals surface area contributed by atoms with E-state index in [1.807, 2.05) is 18.2 Å². The minimum absolute atomic E-state index is 0.568. The molecule has 1 aliphatic rings. The molecule has 1 unspecified atom stereocenters. The highest BCUT2D eigenvalue weighted by Crippen LogP contribution is 2.28. The summed E-state index contributed by atoms with van der Waals surface area (Å²) in [4.78, 5) is 2.40. The molecule has 0 spiro atoms. The second kappa shape index (κ2) is 5.97. The number of nitriles is 1. The van der Waals surface area contributed by atoms with Crippen molar-refractivity contribution in [1.29, 1.82) is 5.26 Å². The van der Waals surface area contributed by atoms with Gasteiger partial charge in [0.15, 0.2) is 0 Å². The standard InChI is InChI=1S/C16H23N3/c1-12(2)13-4-3-8-19(9-7-13)15-6-5-14(11-17)16(18)10-15/h5-6,10,12-13H,3-4,7-9,18H2,1-2H3. The Morgan fingerprint density at radius 3 is 2.74 bits per heavy atom. The average Bonchev–Trinajstić information content (AvgIpc) is 2.64. The maximum atomic E-state index is 8.92. The first-order chi connectivity index (χ1) is 9.11. The summed E-state index contributed by atoms with van der Waals surface area (Å²) >= 11 is 0. The summed E-state index contributed by atoms with van der Waals surface area (Å²) in [6.07, 6.45) is 3.81. The van der Waals surface area contributed by atoms with Crippen molar-refractivity contribution >= 4 is 11.4 Å². The molecule has 0 bridgehead atoms. The molecule has 2 N–H and O–H groups in total. The number of anilines is 2. The predicted octanol–water partition coefficient (Wildman–Crippen LogP) is 3.40. The van der Waals surface area contributed by atoms with Crippen LogP contribution in [0.2, 0.25) is 0 Å². The first-order valence-corrected chi connectivity index (χ1v) is 7.16. The Balaban J connectivity index is 2.10. The lowest BCUT2D eigenvalue weighted by Crippen LogP contribution is -2.24. The fraction of sp³-hybridized carbons (Fsp3) is 0.562. The number of nitrogens with two attached hydrogens (primary N) is 1. The first kappa shape index (κ1) is 13.7. The van der Waals surface area contributed by atoms with Crippen LogP contribution in [0, 0.1) is 23.2 Å². The van der Waals surface area contributed by atoms with Gasteiger partial charge >= 0.3 is 0 Å². The molecule has 0 aromatic heterocycles. The third-order valence-electron chi connectivity index (χ3n) is 4.24. The number of hydrogen-bond acceptors (Lipinski definition) is 3. The zero-order valence-electron chi connectivity index (χ0n) is 11.9. The quantitative estimate of drug-likeness (QED) is 0.826. The van der Waals surface area contributed by atoms with Crippen LogP contribution in [0.25, 0.3) is 0 Å². The van der Waals surface area contributed by atoms with Crippen LogP contribution in [0.15, 0.2) is 18.2 Å². The highest BCUT2D eigenvalue weighted by molar-refractivity contribution is 5.63. The van der Waals surface area contributed by atoms with Crippen LogP contribution in [0.4, 0.5) is 11.4 Å². The number of rotatable bonds is 2. The van der Waals surface area contributed by atoms with Gasteiger partial charge in [-0.3, -0.25) is 0 Å². The number of nitrogen functional groups attached to an aromatic ring is 1. The molecule has 19 heavy (non-hydrogen) atoms. The van der Waals surface area contributed by atoms with Gasteiger partial charge in [0.2, 0.25) is 0 Å². The molecular formula is C16H23N3. The minimum Gasteiger partial charge on any atom is -0.398 e. The summed E-state index contributed by atoms with van der Waals surface area (Å²) in [6, 6.07) is 7.90. The van der Waals surface area contributed by atoms with Crippen LogP contribution < -0.4 is 10.6 Å². The van der Waals surface area contributed by atoms with Crippen molar-refractivity contribution in [3.05, 3.63) is 23.8 Å². The lowest BCUT2D eigenvalue weighted by atomic mass is 9.89. The normalized spacial score (nSPS) is 20.1. The van der Waals surface area contributed by atoms with Gasteiger partial charge in [-0.05, 0) is 49.3 Å². The third-order valence-corrected chi connectivity index (χ3v) is 4.24. The van der Waals surface area contributed by atoms with E-state index < -0.39 is 0 Å². The lowest BCUT2D eigenvalue weighted by molar-refractivity contribution is 0.351. The van der Waals surface area contributed by atoms with E-state index in [4.69, 9.17) is 11.0 Å². The highest BCUT2D eigenvalue weighted by Gasteiger charge is 2.19. The van der Waals surface area contributed by atoms with Gasteiger partial charge in [0.25, 0.3) is 0 Å². The van der Waals surface area contributed by atoms with E-state index in [9.17, 15) is 0 Å². The molecule has 2 rings (SSSR count). The molecule has 3 heteroatoms. The second-order valence-electron chi connectivity index (χ2n) is 5.81. The smallest absolute Gasteiger partial charge is 0.101 e. The molecule has 3 nitrogen and oxygen atoms in total. The highest BCUT2D eigenvalue weighted by atomic mass is 15.1. The zero-order chi connectivity index (χ0) is 13.8. The van der Waals surface area contributed by atoms with Gasteiger partial charge in [-0.15, -0.1) is 0 Å². The Morgan fingerprint density at radius 1 is 1.32 bits per heavy atom. The van der Waals surface area contributed by atoms with Crippen molar-refractivity contribution in [2.24, 2.45) is 11.8 Å². The maximum absolute atomic E-state index is 8.92. The monoisotopic (exact) mass is 257 g/mol. The summed E-state index contributed by atoms with van der Waals surface area (Å²) < 4.78 is 0. The predicted molar refractivity (Wildman–Crippen MR) is 80.0 cm³/mol. The van der Waals surface area contributed by atoms with Crippen LogP contribution in [0.5, 0.6) is 0 Å². The maximum Gasteiger partial charge on any atom is 0.101 e. The van der Waals surface area contributed by atoms with E-state index in [2.05, 4.69) is 24.8 Å².